The van der Waals surface area contributed by atoms with Crippen LogP contribution in [0.2, 0.25) is 0 Å². The summed E-state index contributed by atoms with van der Waals surface area (Å²) >= 11 is 0. The van der Waals surface area contributed by atoms with Crippen LogP contribution in [-0.4, -0.2) is 4.98 Å². The van der Waals surface area contributed by atoms with Gasteiger partial charge in [0.1, 0.15) is 17.4 Å². The molecule has 0 unspecified atom stereocenters. The van der Waals surface area contributed by atoms with Gasteiger partial charge in [-0.05, 0) is 35.2 Å². The van der Waals surface area contributed by atoms with E-state index in [1.165, 1.54) is 5.56 Å². The number of rotatable bonds is 2. The van der Waals surface area contributed by atoms with Gasteiger partial charge in [0, 0.05) is 6.20 Å². The molecular weight excluding hydrogens is 236 g/mol. The average Bonchev–Trinajstić information content (AvgIpc) is 2.39. The molecule has 0 saturated carbocycles. The van der Waals surface area contributed by atoms with Crippen LogP contribution in [0.5, 0.6) is 11.6 Å². The number of ether oxygens (including phenoxy) is 1. The molecule has 1 aromatic carbocycles. The lowest BCUT2D eigenvalue weighted by Gasteiger charge is -2.19. The SMILES string of the molecule is CC(C)(C)c1ccc(Oc2ncccc2C#N)cc1. The van der Waals surface area contributed by atoms with E-state index in [-0.39, 0.29) is 5.41 Å². The minimum atomic E-state index is 0.112. The molecule has 0 atom stereocenters. The molecule has 0 spiro atoms. The Bertz CT molecular complexity index is 604. The highest BCUT2D eigenvalue weighted by Crippen LogP contribution is 2.27. The fourth-order valence-electron chi connectivity index (χ4n) is 1.69. The van der Waals surface area contributed by atoms with Gasteiger partial charge in [-0.3, -0.25) is 0 Å². The summed E-state index contributed by atoms with van der Waals surface area (Å²) in [4.78, 5) is 4.07. The van der Waals surface area contributed by atoms with Crippen molar-refractivity contribution in [2.75, 3.05) is 0 Å². The quantitative estimate of drug-likeness (QED) is 0.810. The van der Waals surface area contributed by atoms with Gasteiger partial charge in [0.2, 0.25) is 5.88 Å². The molecule has 3 heteroatoms. The van der Waals surface area contributed by atoms with Gasteiger partial charge in [-0.2, -0.15) is 5.26 Å². The number of pyridine rings is 1. The number of nitriles is 1. The summed E-state index contributed by atoms with van der Waals surface area (Å²) < 4.78 is 5.63. The Morgan fingerprint density at radius 2 is 1.79 bits per heavy atom. The van der Waals surface area contributed by atoms with Crippen molar-refractivity contribution in [2.24, 2.45) is 0 Å². The van der Waals surface area contributed by atoms with Gasteiger partial charge in [0.05, 0.1) is 0 Å². The molecule has 0 amide bonds. The van der Waals surface area contributed by atoms with Crippen molar-refractivity contribution in [3.8, 4) is 17.7 Å². The maximum Gasteiger partial charge on any atom is 0.237 e. The van der Waals surface area contributed by atoms with Crippen molar-refractivity contribution in [3.05, 3.63) is 53.7 Å². The third-order valence-electron chi connectivity index (χ3n) is 2.83. The van der Waals surface area contributed by atoms with Crippen molar-refractivity contribution >= 4 is 0 Å². The van der Waals surface area contributed by atoms with E-state index in [2.05, 4.69) is 31.8 Å². The Morgan fingerprint density at radius 1 is 1.11 bits per heavy atom. The lowest BCUT2D eigenvalue weighted by molar-refractivity contribution is 0.460. The molecule has 0 N–H and O–H groups in total. The number of hydrogen-bond acceptors (Lipinski definition) is 3. The number of benzene rings is 1. The molecule has 1 aromatic heterocycles. The van der Waals surface area contributed by atoms with Crippen LogP contribution in [0, 0.1) is 11.3 Å². The van der Waals surface area contributed by atoms with Crippen LogP contribution < -0.4 is 4.74 Å². The van der Waals surface area contributed by atoms with E-state index in [9.17, 15) is 0 Å². The second-order valence-corrected chi connectivity index (χ2v) is 5.34. The molecule has 0 saturated heterocycles. The van der Waals surface area contributed by atoms with E-state index in [1.54, 1.807) is 18.3 Å². The highest BCUT2D eigenvalue weighted by molar-refractivity contribution is 5.40. The predicted molar refractivity (Wildman–Crippen MR) is 74.2 cm³/mol. The Balaban J connectivity index is 2.23. The van der Waals surface area contributed by atoms with Crippen molar-refractivity contribution in [1.82, 2.24) is 4.98 Å². The summed E-state index contributed by atoms with van der Waals surface area (Å²) in [5.41, 5.74) is 1.78. The molecule has 3 nitrogen and oxygen atoms in total. The second-order valence-electron chi connectivity index (χ2n) is 5.34. The van der Waals surface area contributed by atoms with Gasteiger partial charge in [-0.25, -0.2) is 4.98 Å². The van der Waals surface area contributed by atoms with Gasteiger partial charge in [0.15, 0.2) is 0 Å². The molecule has 0 bridgehead atoms. The minimum absolute atomic E-state index is 0.112. The van der Waals surface area contributed by atoms with Crippen LogP contribution in [0.4, 0.5) is 0 Å². The average molecular weight is 252 g/mol. The summed E-state index contributed by atoms with van der Waals surface area (Å²) in [6, 6.07) is 13.3. The van der Waals surface area contributed by atoms with Gasteiger partial charge in [-0.1, -0.05) is 32.9 Å². The highest BCUT2D eigenvalue weighted by atomic mass is 16.5. The molecule has 19 heavy (non-hydrogen) atoms. The molecule has 1 heterocycles. The first kappa shape index (κ1) is 13.1. The smallest absolute Gasteiger partial charge is 0.237 e. The predicted octanol–water partition coefficient (Wildman–Crippen LogP) is 4.04. The first-order valence-electron chi connectivity index (χ1n) is 6.14. The molecular formula is C16H16N2O. The molecule has 96 valence electrons. The van der Waals surface area contributed by atoms with E-state index >= 15 is 0 Å². The van der Waals surface area contributed by atoms with Crippen LogP contribution in [0.15, 0.2) is 42.6 Å². The van der Waals surface area contributed by atoms with E-state index in [1.807, 2.05) is 24.3 Å². The number of nitrogens with zero attached hydrogens (tertiary/aromatic N) is 2. The van der Waals surface area contributed by atoms with Gasteiger partial charge < -0.3 is 4.74 Å². The summed E-state index contributed by atoms with van der Waals surface area (Å²) in [6.07, 6.45) is 1.61. The zero-order chi connectivity index (χ0) is 13.9. The standard InChI is InChI=1S/C16H16N2O/c1-16(2,3)13-6-8-14(9-7-13)19-15-12(11-17)5-4-10-18-15/h4-10H,1-3H3. The zero-order valence-electron chi connectivity index (χ0n) is 11.3. The van der Waals surface area contributed by atoms with E-state index in [0.717, 1.165) is 0 Å². The molecule has 0 aliphatic carbocycles. The van der Waals surface area contributed by atoms with Gasteiger partial charge in [-0.15, -0.1) is 0 Å². The third-order valence-corrected chi connectivity index (χ3v) is 2.83. The fraction of sp³-hybridized carbons (Fsp3) is 0.250. The van der Waals surface area contributed by atoms with Crippen LogP contribution >= 0.6 is 0 Å². The zero-order valence-corrected chi connectivity index (χ0v) is 11.3. The fourth-order valence-corrected chi connectivity index (χ4v) is 1.69. The topological polar surface area (TPSA) is 45.9 Å². The van der Waals surface area contributed by atoms with E-state index in [0.29, 0.717) is 17.2 Å². The molecule has 0 aliphatic rings. The van der Waals surface area contributed by atoms with Crippen LogP contribution in [0.25, 0.3) is 0 Å². The summed E-state index contributed by atoms with van der Waals surface area (Å²) in [7, 11) is 0. The summed E-state index contributed by atoms with van der Waals surface area (Å²) in [5.74, 6) is 1.02. The molecule has 0 radical (unpaired) electrons. The lowest BCUT2D eigenvalue weighted by Crippen LogP contribution is -2.10. The maximum absolute atomic E-state index is 8.98. The Hall–Kier alpha value is -2.34. The van der Waals surface area contributed by atoms with Crippen molar-refractivity contribution in [2.45, 2.75) is 26.2 Å². The van der Waals surface area contributed by atoms with Crippen molar-refractivity contribution < 1.29 is 4.74 Å². The molecule has 2 aromatic rings. The largest absolute Gasteiger partial charge is 0.438 e. The van der Waals surface area contributed by atoms with Crippen LogP contribution in [-0.2, 0) is 5.41 Å². The summed E-state index contributed by atoms with van der Waals surface area (Å²) in [6.45, 7) is 6.49. The van der Waals surface area contributed by atoms with Crippen LogP contribution in [0.3, 0.4) is 0 Å². The van der Waals surface area contributed by atoms with E-state index in [4.69, 9.17) is 10.00 Å². The minimum Gasteiger partial charge on any atom is -0.438 e. The lowest BCUT2D eigenvalue weighted by atomic mass is 9.87. The summed E-state index contributed by atoms with van der Waals surface area (Å²) in [5, 5.41) is 8.98. The van der Waals surface area contributed by atoms with Gasteiger partial charge in [0.25, 0.3) is 0 Å². The Morgan fingerprint density at radius 3 is 2.37 bits per heavy atom. The third kappa shape index (κ3) is 3.11. The highest BCUT2D eigenvalue weighted by Gasteiger charge is 2.13. The van der Waals surface area contributed by atoms with Crippen molar-refractivity contribution in [3.63, 3.8) is 0 Å². The van der Waals surface area contributed by atoms with Crippen molar-refractivity contribution in [1.29, 1.82) is 5.26 Å². The molecule has 0 fully saturated rings. The van der Waals surface area contributed by atoms with E-state index < -0.39 is 0 Å². The number of hydrogen-bond donors (Lipinski definition) is 0. The monoisotopic (exact) mass is 252 g/mol. The molecule has 2 rings (SSSR count). The Kier molecular flexibility index (Phi) is 3.52. The normalized spacial score (nSPS) is 10.8. The first-order valence-corrected chi connectivity index (χ1v) is 6.14. The maximum atomic E-state index is 8.98. The molecule has 0 aliphatic heterocycles. The van der Waals surface area contributed by atoms with Crippen LogP contribution in [0.1, 0.15) is 31.9 Å². The van der Waals surface area contributed by atoms with Gasteiger partial charge >= 0.3 is 0 Å². The number of aromatic nitrogens is 1. The second kappa shape index (κ2) is 5.11. The first-order chi connectivity index (χ1) is 9.00. The Labute approximate surface area is 113 Å².